The molecule has 4 rings (SSSR count). The van der Waals surface area contributed by atoms with Gasteiger partial charge in [-0.15, -0.1) is 21.5 Å². The predicted molar refractivity (Wildman–Crippen MR) is 63.0 cm³/mol. The predicted octanol–water partition coefficient (Wildman–Crippen LogP) is 0.799. The summed E-state index contributed by atoms with van der Waals surface area (Å²) >= 11 is 1.51. The Labute approximate surface area is 99.0 Å². The van der Waals surface area contributed by atoms with Gasteiger partial charge in [0.25, 0.3) is 5.56 Å². The molecule has 0 radical (unpaired) electrons. The zero-order chi connectivity index (χ0) is 11.4. The standard InChI is InChI=1S/C10H7N5OS/c16-9-6-5-1-2-15-4-13-14-8(15)7(5)17-10(6)12-3-11-9/h3-4H,1-2H2,(H,11,12,16). The molecule has 0 amide bonds. The summed E-state index contributed by atoms with van der Waals surface area (Å²) < 4.78 is 2.01. The summed E-state index contributed by atoms with van der Waals surface area (Å²) in [6.07, 6.45) is 3.99. The lowest BCUT2D eigenvalue weighted by molar-refractivity contribution is 0.687. The van der Waals surface area contributed by atoms with E-state index in [9.17, 15) is 4.79 Å². The Bertz CT molecular complexity index is 783. The fourth-order valence-corrected chi connectivity index (χ4v) is 3.44. The summed E-state index contributed by atoms with van der Waals surface area (Å²) in [5.74, 6) is 0.841. The van der Waals surface area contributed by atoms with E-state index in [2.05, 4.69) is 20.2 Å². The van der Waals surface area contributed by atoms with E-state index in [1.807, 2.05) is 4.57 Å². The highest BCUT2D eigenvalue weighted by atomic mass is 32.1. The molecule has 3 aromatic rings. The fraction of sp³-hybridized carbons (Fsp3) is 0.200. The number of aromatic nitrogens is 5. The van der Waals surface area contributed by atoms with Crippen molar-refractivity contribution in [3.8, 4) is 10.7 Å². The van der Waals surface area contributed by atoms with E-state index in [1.54, 1.807) is 6.33 Å². The van der Waals surface area contributed by atoms with Crippen molar-refractivity contribution in [1.82, 2.24) is 24.7 Å². The number of nitrogens with one attached hydrogen (secondary N) is 1. The first-order valence-electron chi connectivity index (χ1n) is 5.22. The molecule has 0 saturated carbocycles. The number of H-pyrrole nitrogens is 1. The lowest BCUT2D eigenvalue weighted by atomic mass is 10.1. The minimum Gasteiger partial charge on any atom is -0.313 e. The van der Waals surface area contributed by atoms with E-state index in [0.717, 1.165) is 34.1 Å². The first-order valence-corrected chi connectivity index (χ1v) is 6.03. The number of hydrogen-bond donors (Lipinski definition) is 1. The first kappa shape index (κ1) is 9.06. The number of fused-ring (bicyclic) bond motifs is 5. The van der Waals surface area contributed by atoms with Crippen LogP contribution in [0.25, 0.3) is 20.9 Å². The van der Waals surface area contributed by atoms with E-state index in [4.69, 9.17) is 0 Å². The molecule has 1 N–H and O–H groups in total. The molecule has 0 aromatic carbocycles. The highest BCUT2D eigenvalue weighted by Crippen LogP contribution is 2.37. The van der Waals surface area contributed by atoms with Crippen molar-refractivity contribution in [2.24, 2.45) is 0 Å². The van der Waals surface area contributed by atoms with Crippen LogP contribution in [0.15, 0.2) is 17.4 Å². The zero-order valence-corrected chi connectivity index (χ0v) is 9.49. The summed E-state index contributed by atoms with van der Waals surface area (Å²) in [5.41, 5.74) is 0.986. The zero-order valence-electron chi connectivity index (χ0n) is 8.67. The van der Waals surface area contributed by atoms with Gasteiger partial charge in [-0.05, 0) is 12.0 Å². The van der Waals surface area contributed by atoms with Gasteiger partial charge >= 0.3 is 0 Å². The van der Waals surface area contributed by atoms with Crippen LogP contribution in [0.5, 0.6) is 0 Å². The molecular weight excluding hydrogens is 238 g/mol. The monoisotopic (exact) mass is 245 g/mol. The Morgan fingerprint density at radius 1 is 1.47 bits per heavy atom. The van der Waals surface area contributed by atoms with Crippen molar-refractivity contribution in [2.45, 2.75) is 13.0 Å². The summed E-state index contributed by atoms with van der Waals surface area (Å²) in [5, 5.41) is 8.72. The van der Waals surface area contributed by atoms with Crippen LogP contribution in [0.2, 0.25) is 0 Å². The minimum absolute atomic E-state index is 0.0690. The minimum atomic E-state index is -0.0690. The van der Waals surface area contributed by atoms with Gasteiger partial charge in [-0.1, -0.05) is 0 Å². The Hall–Kier alpha value is -2.02. The first-order chi connectivity index (χ1) is 8.34. The number of rotatable bonds is 0. The third-order valence-electron chi connectivity index (χ3n) is 3.01. The molecule has 1 aliphatic rings. The third-order valence-corrected chi connectivity index (χ3v) is 4.15. The van der Waals surface area contributed by atoms with Gasteiger partial charge in [0.2, 0.25) is 0 Å². The number of thiophene rings is 1. The number of nitrogens with zero attached hydrogens (tertiary/aromatic N) is 4. The summed E-state index contributed by atoms with van der Waals surface area (Å²) in [6, 6.07) is 0. The lowest BCUT2D eigenvalue weighted by Crippen LogP contribution is -2.12. The quantitative estimate of drug-likeness (QED) is 0.635. The highest BCUT2D eigenvalue weighted by molar-refractivity contribution is 7.22. The SMILES string of the molecule is O=c1[nH]cnc2sc3c(c12)CCn1cnnc1-3. The van der Waals surface area contributed by atoms with Crippen molar-refractivity contribution in [2.75, 3.05) is 0 Å². The molecule has 0 aliphatic carbocycles. The van der Waals surface area contributed by atoms with Gasteiger partial charge in [-0.2, -0.15) is 0 Å². The van der Waals surface area contributed by atoms with E-state index < -0.39 is 0 Å². The molecule has 7 heteroatoms. The molecule has 0 saturated heterocycles. The second kappa shape index (κ2) is 3.01. The van der Waals surface area contributed by atoms with Crippen molar-refractivity contribution in [1.29, 1.82) is 0 Å². The molecule has 84 valence electrons. The molecule has 3 aromatic heterocycles. The molecule has 0 spiro atoms. The van der Waals surface area contributed by atoms with Crippen LogP contribution in [0.3, 0.4) is 0 Å². The van der Waals surface area contributed by atoms with Crippen molar-refractivity contribution in [3.63, 3.8) is 0 Å². The molecule has 1 aliphatic heterocycles. The number of aryl methyl sites for hydroxylation is 2. The topological polar surface area (TPSA) is 76.5 Å². The number of hydrogen-bond acceptors (Lipinski definition) is 5. The van der Waals surface area contributed by atoms with Crippen LogP contribution in [-0.4, -0.2) is 24.7 Å². The molecule has 6 nitrogen and oxygen atoms in total. The van der Waals surface area contributed by atoms with Crippen LogP contribution in [0, 0.1) is 0 Å². The van der Waals surface area contributed by atoms with Gasteiger partial charge in [-0.3, -0.25) is 4.79 Å². The van der Waals surface area contributed by atoms with Crippen LogP contribution in [-0.2, 0) is 13.0 Å². The maximum Gasteiger partial charge on any atom is 0.259 e. The summed E-state index contributed by atoms with van der Waals surface area (Å²) in [7, 11) is 0. The molecular formula is C10H7N5OS. The molecule has 17 heavy (non-hydrogen) atoms. The smallest absolute Gasteiger partial charge is 0.259 e. The Kier molecular flexibility index (Phi) is 1.60. The van der Waals surface area contributed by atoms with Gasteiger partial charge in [0.15, 0.2) is 5.82 Å². The average molecular weight is 245 g/mol. The molecule has 0 bridgehead atoms. The Morgan fingerprint density at radius 2 is 2.41 bits per heavy atom. The maximum atomic E-state index is 11.8. The lowest BCUT2D eigenvalue weighted by Gasteiger charge is -2.12. The van der Waals surface area contributed by atoms with Gasteiger partial charge in [0, 0.05) is 6.54 Å². The fourth-order valence-electron chi connectivity index (χ4n) is 2.24. The van der Waals surface area contributed by atoms with Gasteiger partial charge in [0.1, 0.15) is 11.2 Å². The van der Waals surface area contributed by atoms with Gasteiger partial charge in [-0.25, -0.2) is 4.98 Å². The Balaban J connectivity index is 2.18. The second-order valence-corrected chi connectivity index (χ2v) is 4.92. The van der Waals surface area contributed by atoms with Crippen molar-refractivity contribution < 1.29 is 0 Å². The largest absolute Gasteiger partial charge is 0.313 e. The van der Waals surface area contributed by atoms with E-state index in [-0.39, 0.29) is 5.56 Å². The Morgan fingerprint density at radius 3 is 3.35 bits per heavy atom. The van der Waals surface area contributed by atoms with Crippen LogP contribution in [0.4, 0.5) is 0 Å². The van der Waals surface area contributed by atoms with Crippen molar-refractivity contribution in [3.05, 3.63) is 28.6 Å². The van der Waals surface area contributed by atoms with Crippen LogP contribution in [0.1, 0.15) is 5.56 Å². The van der Waals surface area contributed by atoms with Crippen LogP contribution >= 0.6 is 11.3 Å². The second-order valence-electron chi connectivity index (χ2n) is 3.92. The van der Waals surface area contributed by atoms with Gasteiger partial charge < -0.3 is 9.55 Å². The van der Waals surface area contributed by atoms with E-state index >= 15 is 0 Å². The number of aromatic amines is 1. The molecule has 0 atom stereocenters. The molecule has 4 heterocycles. The highest BCUT2D eigenvalue weighted by Gasteiger charge is 2.24. The normalized spacial score (nSPS) is 13.6. The third kappa shape index (κ3) is 1.09. The summed E-state index contributed by atoms with van der Waals surface area (Å²) in [4.78, 5) is 20.5. The van der Waals surface area contributed by atoms with Crippen LogP contribution < -0.4 is 5.56 Å². The van der Waals surface area contributed by atoms with Crippen molar-refractivity contribution >= 4 is 21.6 Å². The molecule has 0 fully saturated rings. The van der Waals surface area contributed by atoms with E-state index in [0.29, 0.717) is 5.39 Å². The maximum absolute atomic E-state index is 11.8. The molecule has 0 unspecified atom stereocenters. The average Bonchev–Trinajstić information content (AvgIpc) is 2.91. The summed E-state index contributed by atoms with van der Waals surface area (Å²) in [6.45, 7) is 0.815. The van der Waals surface area contributed by atoms with Gasteiger partial charge in [0.05, 0.1) is 16.6 Å². The van der Waals surface area contributed by atoms with E-state index in [1.165, 1.54) is 17.7 Å².